The standard InChI is InChI=1S/C20H22N4/c1-14(2)21-20-23-18(16-9-5-4-6-10-16)13-19(24-20)22-17-11-7-8-15(3)12-17/h4-14H,1-3H3,(H2,21,22,23,24). The topological polar surface area (TPSA) is 49.8 Å². The van der Waals surface area contributed by atoms with Crippen LogP contribution in [0, 0.1) is 6.92 Å². The number of benzene rings is 2. The first-order valence-corrected chi connectivity index (χ1v) is 8.15. The van der Waals surface area contributed by atoms with E-state index < -0.39 is 0 Å². The van der Waals surface area contributed by atoms with Crippen molar-refractivity contribution in [3.05, 3.63) is 66.2 Å². The lowest BCUT2D eigenvalue weighted by Gasteiger charge is -2.13. The smallest absolute Gasteiger partial charge is 0.225 e. The number of aryl methyl sites for hydroxylation is 1. The molecular formula is C20H22N4. The van der Waals surface area contributed by atoms with Crippen molar-refractivity contribution in [1.82, 2.24) is 9.97 Å². The SMILES string of the molecule is Cc1cccc(Nc2cc(-c3ccccc3)nc(NC(C)C)n2)c1. The molecule has 0 unspecified atom stereocenters. The Balaban J connectivity index is 1.98. The molecule has 4 heteroatoms. The number of nitrogens with zero attached hydrogens (tertiary/aromatic N) is 2. The minimum absolute atomic E-state index is 0.267. The van der Waals surface area contributed by atoms with E-state index in [1.54, 1.807) is 0 Å². The third-order valence-electron chi connectivity index (χ3n) is 3.50. The summed E-state index contributed by atoms with van der Waals surface area (Å²) < 4.78 is 0. The van der Waals surface area contributed by atoms with E-state index in [0.717, 1.165) is 22.8 Å². The van der Waals surface area contributed by atoms with E-state index in [-0.39, 0.29) is 6.04 Å². The Labute approximate surface area is 143 Å². The summed E-state index contributed by atoms with van der Waals surface area (Å²) >= 11 is 0. The van der Waals surface area contributed by atoms with Crippen molar-refractivity contribution in [2.75, 3.05) is 10.6 Å². The predicted molar refractivity (Wildman–Crippen MR) is 101 cm³/mol. The molecule has 122 valence electrons. The zero-order valence-corrected chi connectivity index (χ0v) is 14.2. The number of nitrogens with one attached hydrogen (secondary N) is 2. The number of anilines is 3. The number of aromatic nitrogens is 2. The molecule has 0 radical (unpaired) electrons. The fraction of sp³-hybridized carbons (Fsp3) is 0.200. The average molecular weight is 318 g/mol. The van der Waals surface area contributed by atoms with E-state index in [1.165, 1.54) is 5.56 Å². The summed E-state index contributed by atoms with van der Waals surface area (Å²) in [6.45, 7) is 6.23. The van der Waals surface area contributed by atoms with Crippen LogP contribution in [0.4, 0.5) is 17.5 Å². The van der Waals surface area contributed by atoms with Gasteiger partial charge in [0.1, 0.15) is 5.82 Å². The molecule has 3 rings (SSSR count). The van der Waals surface area contributed by atoms with Crippen LogP contribution in [0.15, 0.2) is 60.7 Å². The van der Waals surface area contributed by atoms with Gasteiger partial charge in [0.2, 0.25) is 5.95 Å². The Morgan fingerprint density at radius 1 is 0.875 bits per heavy atom. The van der Waals surface area contributed by atoms with E-state index >= 15 is 0 Å². The first kappa shape index (κ1) is 16.0. The summed E-state index contributed by atoms with van der Waals surface area (Å²) in [4.78, 5) is 9.23. The van der Waals surface area contributed by atoms with Crippen molar-refractivity contribution in [2.45, 2.75) is 26.8 Å². The molecule has 0 amide bonds. The third kappa shape index (κ3) is 4.10. The molecule has 4 nitrogen and oxygen atoms in total. The molecule has 3 aromatic rings. The zero-order chi connectivity index (χ0) is 16.9. The fourth-order valence-electron chi connectivity index (χ4n) is 2.46. The van der Waals surface area contributed by atoms with Crippen molar-refractivity contribution in [1.29, 1.82) is 0 Å². The second-order valence-corrected chi connectivity index (χ2v) is 6.12. The van der Waals surface area contributed by atoms with Crippen LogP contribution in [0.3, 0.4) is 0 Å². The Hall–Kier alpha value is -2.88. The van der Waals surface area contributed by atoms with Crippen LogP contribution >= 0.6 is 0 Å². The quantitative estimate of drug-likeness (QED) is 0.694. The Morgan fingerprint density at radius 2 is 1.67 bits per heavy atom. The molecule has 24 heavy (non-hydrogen) atoms. The maximum Gasteiger partial charge on any atom is 0.225 e. The summed E-state index contributed by atoms with van der Waals surface area (Å²) in [5.74, 6) is 1.40. The molecular weight excluding hydrogens is 296 g/mol. The molecule has 0 fully saturated rings. The van der Waals surface area contributed by atoms with E-state index in [4.69, 9.17) is 0 Å². The lowest BCUT2D eigenvalue weighted by molar-refractivity contribution is 0.876. The van der Waals surface area contributed by atoms with Gasteiger partial charge in [0.25, 0.3) is 0 Å². The van der Waals surface area contributed by atoms with Crippen molar-refractivity contribution in [2.24, 2.45) is 0 Å². The van der Waals surface area contributed by atoms with Gasteiger partial charge in [-0.25, -0.2) is 4.98 Å². The highest BCUT2D eigenvalue weighted by molar-refractivity contribution is 5.67. The molecule has 0 spiro atoms. The summed E-state index contributed by atoms with van der Waals surface area (Å²) in [7, 11) is 0. The maximum absolute atomic E-state index is 4.64. The van der Waals surface area contributed by atoms with Gasteiger partial charge >= 0.3 is 0 Å². The molecule has 2 aromatic carbocycles. The highest BCUT2D eigenvalue weighted by atomic mass is 15.2. The van der Waals surface area contributed by atoms with Crippen LogP contribution in [0.5, 0.6) is 0 Å². The van der Waals surface area contributed by atoms with Crippen LogP contribution < -0.4 is 10.6 Å². The van der Waals surface area contributed by atoms with Crippen molar-refractivity contribution in [3.63, 3.8) is 0 Å². The van der Waals surface area contributed by atoms with E-state index in [1.807, 2.05) is 36.4 Å². The lowest BCUT2D eigenvalue weighted by atomic mass is 10.1. The van der Waals surface area contributed by atoms with Crippen LogP contribution in [-0.2, 0) is 0 Å². The molecule has 0 bridgehead atoms. The van der Waals surface area contributed by atoms with E-state index in [0.29, 0.717) is 5.95 Å². The number of rotatable bonds is 5. The second-order valence-electron chi connectivity index (χ2n) is 6.12. The molecule has 0 aliphatic carbocycles. The average Bonchev–Trinajstić information content (AvgIpc) is 2.55. The van der Waals surface area contributed by atoms with Gasteiger partial charge in [-0.15, -0.1) is 0 Å². The molecule has 1 heterocycles. The van der Waals surface area contributed by atoms with Gasteiger partial charge in [-0.1, -0.05) is 42.5 Å². The van der Waals surface area contributed by atoms with Crippen LogP contribution in [0.25, 0.3) is 11.3 Å². The summed E-state index contributed by atoms with van der Waals surface area (Å²) in [6.07, 6.45) is 0. The normalized spacial score (nSPS) is 10.7. The second kappa shape index (κ2) is 7.13. The van der Waals surface area contributed by atoms with Gasteiger partial charge in [0.05, 0.1) is 5.69 Å². The van der Waals surface area contributed by atoms with Crippen molar-refractivity contribution in [3.8, 4) is 11.3 Å². The molecule has 0 aliphatic heterocycles. The Morgan fingerprint density at radius 3 is 2.38 bits per heavy atom. The molecule has 2 N–H and O–H groups in total. The van der Waals surface area contributed by atoms with Crippen molar-refractivity contribution < 1.29 is 0 Å². The molecule has 1 aromatic heterocycles. The first-order chi connectivity index (χ1) is 11.6. The van der Waals surface area contributed by atoms with Crippen LogP contribution in [0.1, 0.15) is 19.4 Å². The van der Waals surface area contributed by atoms with E-state index in [9.17, 15) is 0 Å². The largest absolute Gasteiger partial charge is 0.352 e. The van der Waals surface area contributed by atoms with Crippen molar-refractivity contribution >= 4 is 17.5 Å². The molecule has 0 saturated heterocycles. The highest BCUT2D eigenvalue weighted by Gasteiger charge is 2.08. The van der Waals surface area contributed by atoms with Gasteiger partial charge in [0, 0.05) is 23.4 Å². The Bertz CT molecular complexity index is 813. The summed E-state index contributed by atoms with van der Waals surface area (Å²) in [6, 6.07) is 20.6. The predicted octanol–water partition coefficient (Wildman–Crippen LogP) is 5.02. The van der Waals surface area contributed by atoms with Gasteiger partial charge in [-0.05, 0) is 38.5 Å². The Kier molecular flexibility index (Phi) is 4.75. The lowest BCUT2D eigenvalue weighted by Crippen LogP contribution is -2.13. The monoisotopic (exact) mass is 318 g/mol. The fourth-order valence-corrected chi connectivity index (χ4v) is 2.46. The minimum Gasteiger partial charge on any atom is -0.352 e. The van der Waals surface area contributed by atoms with Gasteiger partial charge in [0.15, 0.2) is 0 Å². The molecule has 0 aliphatic rings. The first-order valence-electron chi connectivity index (χ1n) is 8.15. The van der Waals surface area contributed by atoms with Crippen LogP contribution in [0.2, 0.25) is 0 Å². The van der Waals surface area contributed by atoms with Gasteiger partial charge < -0.3 is 10.6 Å². The van der Waals surface area contributed by atoms with Gasteiger partial charge in [-0.3, -0.25) is 0 Å². The summed E-state index contributed by atoms with van der Waals surface area (Å²) in [5, 5.41) is 6.67. The van der Waals surface area contributed by atoms with Gasteiger partial charge in [-0.2, -0.15) is 4.98 Å². The van der Waals surface area contributed by atoms with E-state index in [2.05, 4.69) is 65.6 Å². The maximum atomic E-state index is 4.64. The van der Waals surface area contributed by atoms with Crippen LogP contribution in [-0.4, -0.2) is 16.0 Å². The molecule has 0 saturated carbocycles. The number of hydrogen-bond donors (Lipinski definition) is 2. The third-order valence-corrected chi connectivity index (χ3v) is 3.50. The minimum atomic E-state index is 0.267. The highest BCUT2D eigenvalue weighted by Crippen LogP contribution is 2.24. The molecule has 0 atom stereocenters. The zero-order valence-electron chi connectivity index (χ0n) is 14.2. The number of hydrogen-bond acceptors (Lipinski definition) is 4. The summed E-state index contributed by atoms with van der Waals surface area (Å²) in [5.41, 5.74) is 4.18.